The summed E-state index contributed by atoms with van der Waals surface area (Å²) in [7, 11) is 14.0. The molecule has 0 N–H and O–H groups in total. The first-order chi connectivity index (χ1) is 5.00. The normalized spacial score (nSPS) is 8.00. The third-order valence-corrected chi connectivity index (χ3v) is 0.816. The average molecular weight is 153 g/mol. The Morgan fingerprint density at radius 2 is 1.18 bits per heavy atom. The zero-order chi connectivity index (χ0) is 9.86. The fourth-order valence-electron chi connectivity index (χ4n) is 0. The molecule has 0 aliphatic rings. The number of hydrogen-bond acceptors (Lipinski definition) is 1. The lowest BCUT2D eigenvalue weighted by Gasteiger charge is -1.90. The third kappa shape index (κ3) is 151. The van der Waals surface area contributed by atoms with Crippen LogP contribution in [0.5, 0.6) is 0 Å². The summed E-state index contributed by atoms with van der Waals surface area (Å²) in [6.45, 7) is 6.64. The van der Waals surface area contributed by atoms with Crippen molar-refractivity contribution in [2.75, 3.05) is 21.1 Å². The highest BCUT2D eigenvalue weighted by molar-refractivity contribution is 6.75. The Labute approximate surface area is 75.4 Å². The van der Waals surface area contributed by atoms with Crippen LogP contribution in [0, 0.1) is 5.92 Å². The van der Waals surface area contributed by atoms with Crippen LogP contribution in [-0.2, 0) is 0 Å². The van der Waals surface area contributed by atoms with E-state index in [2.05, 4.69) is 36.2 Å². The summed E-state index contributed by atoms with van der Waals surface area (Å²) in [5.41, 5.74) is 0. The second kappa shape index (κ2) is 16.6. The Morgan fingerprint density at radius 3 is 1.18 bits per heavy atom. The van der Waals surface area contributed by atoms with Crippen molar-refractivity contribution in [3.05, 3.63) is 0 Å². The molecule has 0 saturated heterocycles. The third-order valence-electron chi connectivity index (χ3n) is 0.816. The van der Waals surface area contributed by atoms with Crippen LogP contribution in [0.3, 0.4) is 0 Å². The molecule has 0 aliphatic heterocycles. The van der Waals surface area contributed by atoms with Gasteiger partial charge in [-0.2, -0.15) is 0 Å². The largest absolute Gasteiger partial charge is 0.312 e. The first-order valence-corrected chi connectivity index (χ1v) is 3.95. The van der Waals surface area contributed by atoms with E-state index in [1.807, 2.05) is 26.0 Å². The van der Waals surface area contributed by atoms with E-state index < -0.39 is 0 Å². The molecule has 4 radical (unpaired) electrons. The Hall–Kier alpha value is 0.0899. The zero-order valence-corrected chi connectivity index (χ0v) is 8.89. The van der Waals surface area contributed by atoms with Crippen molar-refractivity contribution in [1.82, 2.24) is 4.90 Å². The van der Waals surface area contributed by atoms with E-state index in [0.29, 0.717) is 0 Å². The van der Waals surface area contributed by atoms with E-state index in [-0.39, 0.29) is 0 Å². The lowest BCUT2D eigenvalue weighted by molar-refractivity contribution is 0.505. The number of hydrogen-bond donors (Lipinski definition) is 0. The first kappa shape index (κ1) is 17.3. The van der Waals surface area contributed by atoms with E-state index in [1.165, 1.54) is 6.42 Å². The molecule has 0 fully saturated rings. The average Bonchev–Trinajstić information content (AvgIpc) is 1.91. The van der Waals surface area contributed by atoms with E-state index in [0.717, 1.165) is 5.92 Å². The van der Waals surface area contributed by atoms with Crippen molar-refractivity contribution in [2.24, 2.45) is 5.92 Å². The molecule has 0 aromatic carbocycles. The summed E-state index contributed by atoms with van der Waals surface area (Å²) < 4.78 is 0. The van der Waals surface area contributed by atoms with E-state index >= 15 is 0 Å². The number of rotatable bonds is 1. The molecule has 0 spiro atoms. The standard InChI is InChI=1S/C5H12.C3H9N.B2/c1-4-5(2)3;1-4(2)3;1-2/h5H,4H2,1-3H3;1-3H3;. The molecule has 64 valence electrons. The molecular formula is C8H21B2N. The van der Waals surface area contributed by atoms with E-state index in [1.54, 1.807) is 0 Å². The molecule has 0 bridgehead atoms. The van der Waals surface area contributed by atoms with Gasteiger partial charge in [-0.15, -0.1) is 0 Å². The molecule has 0 unspecified atom stereocenters. The molecule has 0 rings (SSSR count). The highest BCUT2D eigenvalue weighted by Crippen LogP contribution is 1.93. The van der Waals surface area contributed by atoms with Crippen LogP contribution in [0.2, 0.25) is 0 Å². The Bertz CT molecular complexity index is 44.6. The predicted molar refractivity (Wildman–Crippen MR) is 56.2 cm³/mol. The van der Waals surface area contributed by atoms with Crippen molar-refractivity contribution in [3.63, 3.8) is 0 Å². The van der Waals surface area contributed by atoms with Crippen LogP contribution in [0.1, 0.15) is 27.2 Å². The van der Waals surface area contributed by atoms with Crippen molar-refractivity contribution < 1.29 is 0 Å². The molecule has 0 amide bonds. The van der Waals surface area contributed by atoms with Crippen LogP contribution >= 0.6 is 0 Å². The molecular weight excluding hydrogens is 132 g/mol. The minimum Gasteiger partial charge on any atom is -0.312 e. The van der Waals surface area contributed by atoms with Gasteiger partial charge in [0.25, 0.3) is 0 Å². The van der Waals surface area contributed by atoms with Gasteiger partial charge in [-0.25, -0.2) is 0 Å². The van der Waals surface area contributed by atoms with Crippen LogP contribution in [0.25, 0.3) is 0 Å². The monoisotopic (exact) mass is 153 g/mol. The molecule has 11 heavy (non-hydrogen) atoms. The Balaban J connectivity index is -0.0000000965. The van der Waals surface area contributed by atoms with Gasteiger partial charge in [0.1, 0.15) is 0 Å². The first-order valence-electron chi connectivity index (χ1n) is 3.95. The van der Waals surface area contributed by atoms with E-state index in [9.17, 15) is 0 Å². The lowest BCUT2D eigenvalue weighted by atomic mass is 9.81. The number of nitrogens with zero attached hydrogens (tertiary/aromatic N) is 1. The van der Waals surface area contributed by atoms with Crippen LogP contribution < -0.4 is 0 Å². The Kier molecular flexibility index (Phi) is 26.0. The van der Waals surface area contributed by atoms with Gasteiger partial charge < -0.3 is 4.90 Å². The van der Waals surface area contributed by atoms with Crippen molar-refractivity contribution in [2.45, 2.75) is 27.2 Å². The van der Waals surface area contributed by atoms with Crippen molar-refractivity contribution in [3.8, 4) is 0 Å². The van der Waals surface area contributed by atoms with Crippen LogP contribution in [0.15, 0.2) is 0 Å². The summed E-state index contributed by atoms with van der Waals surface area (Å²) in [5, 5.41) is 0. The summed E-state index contributed by atoms with van der Waals surface area (Å²) >= 11 is 0. The maximum absolute atomic E-state index is 4.00. The fourth-order valence-corrected chi connectivity index (χ4v) is 0. The maximum Gasteiger partial charge on any atom is 0 e. The van der Waals surface area contributed by atoms with Crippen LogP contribution in [-0.4, -0.2) is 41.5 Å². The summed E-state index contributed by atoms with van der Waals surface area (Å²) in [4.78, 5) is 2.00. The molecule has 0 heterocycles. The molecule has 0 aromatic heterocycles. The molecule has 0 saturated carbocycles. The SMILES string of the molecule is CCC(C)C.CN(C)C.[B][B]. The topological polar surface area (TPSA) is 3.24 Å². The van der Waals surface area contributed by atoms with Gasteiger partial charge in [0, 0.05) is 15.5 Å². The van der Waals surface area contributed by atoms with Gasteiger partial charge in [0.15, 0.2) is 0 Å². The van der Waals surface area contributed by atoms with Gasteiger partial charge in [-0.1, -0.05) is 27.2 Å². The molecule has 0 aliphatic carbocycles. The van der Waals surface area contributed by atoms with Gasteiger partial charge in [0.2, 0.25) is 0 Å². The molecule has 1 nitrogen and oxygen atoms in total. The minimum atomic E-state index is 0.884. The summed E-state index contributed by atoms with van der Waals surface area (Å²) in [5.74, 6) is 0.884. The summed E-state index contributed by atoms with van der Waals surface area (Å²) in [6, 6.07) is 0. The smallest absolute Gasteiger partial charge is 0 e. The second-order valence-corrected chi connectivity index (χ2v) is 3.14. The van der Waals surface area contributed by atoms with Gasteiger partial charge >= 0.3 is 0 Å². The van der Waals surface area contributed by atoms with Crippen LogP contribution in [0.4, 0.5) is 0 Å². The quantitative estimate of drug-likeness (QED) is 0.515. The van der Waals surface area contributed by atoms with Gasteiger partial charge in [-0.3, -0.25) is 0 Å². The van der Waals surface area contributed by atoms with Crippen molar-refractivity contribution in [1.29, 1.82) is 0 Å². The second-order valence-electron chi connectivity index (χ2n) is 3.14. The zero-order valence-electron chi connectivity index (χ0n) is 8.89. The van der Waals surface area contributed by atoms with Crippen molar-refractivity contribution >= 4 is 15.5 Å². The Morgan fingerprint density at radius 1 is 1.09 bits per heavy atom. The van der Waals surface area contributed by atoms with E-state index in [4.69, 9.17) is 0 Å². The predicted octanol–water partition coefficient (Wildman–Crippen LogP) is 1.47. The maximum atomic E-state index is 4.00. The molecule has 3 heteroatoms. The summed E-state index contributed by atoms with van der Waals surface area (Å²) in [6.07, 6.45) is 1.31. The lowest BCUT2D eigenvalue weighted by Crippen LogP contribution is -1.99. The minimum absolute atomic E-state index is 0.884. The fraction of sp³-hybridized carbons (Fsp3) is 1.00. The molecule has 0 atom stereocenters. The van der Waals surface area contributed by atoms with Gasteiger partial charge in [-0.05, 0) is 27.1 Å². The van der Waals surface area contributed by atoms with Gasteiger partial charge in [0.05, 0.1) is 0 Å². The highest BCUT2D eigenvalue weighted by Gasteiger charge is 1.80. The highest BCUT2D eigenvalue weighted by atomic mass is 15.0. The molecule has 0 aromatic rings.